The topological polar surface area (TPSA) is 90.0 Å². The van der Waals surface area contributed by atoms with Crippen LogP contribution in [0.15, 0.2) is 29.3 Å². The average Bonchev–Trinajstić information content (AvgIpc) is 2.76. The van der Waals surface area contributed by atoms with E-state index in [1.165, 1.54) is 10.9 Å². The predicted octanol–water partition coefficient (Wildman–Crippen LogP) is 1.56. The van der Waals surface area contributed by atoms with E-state index in [1.54, 1.807) is 6.92 Å². The first-order valence-electron chi connectivity index (χ1n) is 5.65. The number of para-hydroxylation sites is 1. The van der Waals surface area contributed by atoms with Gasteiger partial charge in [0.1, 0.15) is 22.2 Å². The number of aryl methyl sites for hydroxylation is 1. The predicted molar refractivity (Wildman–Crippen MR) is 69.5 cm³/mol. The lowest BCUT2D eigenvalue weighted by molar-refractivity contribution is 0.583. The number of sulfonamides is 1. The van der Waals surface area contributed by atoms with Crippen LogP contribution in [0.2, 0.25) is 0 Å². The summed E-state index contributed by atoms with van der Waals surface area (Å²) in [4.78, 5) is -0.331. The Labute approximate surface area is 114 Å². The normalized spacial score (nSPS) is 11.6. The lowest BCUT2D eigenvalue weighted by Gasteiger charge is -2.08. The second-order valence-electron chi connectivity index (χ2n) is 3.94. The van der Waals surface area contributed by atoms with Crippen LogP contribution in [-0.4, -0.2) is 18.2 Å². The van der Waals surface area contributed by atoms with Crippen LogP contribution in [0.5, 0.6) is 0 Å². The first-order chi connectivity index (χ1) is 9.35. The van der Waals surface area contributed by atoms with E-state index < -0.39 is 27.3 Å². The molecule has 1 aromatic heterocycles. The van der Waals surface area contributed by atoms with Crippen LogP contribution in [-0.2, 0) is 16.6 Å². The zero-order valence-corrected chi connectivity index (χ0v) is 11.3. The molecule has 108 valence electrons. The summed E-state index contributed by atoms with van der Waals surface area (Å²) in [5.41, 5.74) is 4.74. The molecule has 0 aliphatic heterocycles. The standard InChI is InChI=1S/C11H12F2N4O2S/c1-2-17-6-9(11(14)15-17)20(18,19)16-10-7(12)4-3-5-8(10)13/h3-6,16H,2H2,1H3,(H2,14,15). The molecule has 2 aromatic rings. The summed E-state index contributed by atoms with van der Waals surface area (Å²) >= 11 is 0. The van der Waals surface area contributed by atoms with Gasteiger partial charge in [0.05, 0.1) is 0 Å². The Morgan fingerprint density at radius 1 is 1.35 bits per heavy atom. The Hall–Kier alpha value is -2.16. The minimum atomic E-state index is -4.22. The number of hydrogen-bond donors (Lipinski definition) is 2. The molecule has 0 radical (unpaired) electrons. The molecular weight excluding hydrogens is 290 g/mol. The number of hydrogen-bond acceptors (Lipinski definition) is 4. The number of nitrogen functional groups attached to an aromatic ring is 1. The number of rotatable bonds is 4. The molecule has 0 aliphatic carbocycles. The van der Waals surface area contributed by atoms with Crippen molar-refractivity contribution in [3.05, 3.63) is 36.0 Å². The highest BCUT2D eigenvalue weighted by Gasteiger charge is 2.23. The zero-order valence-electron chi connectivity index (χ0n) is 10.5. The van der Waals surface area contributed by atoms with E-state index >= 15 is 0 Å². The summed E-state index contributed by atoms with van der Waals surface area (Å²) in [7, 11) is -4.22. The van der Waals surface area contributed by atoms with Gasteiger partial charge < -0.3 is 5.73 Å². The Morgan fingerprint density at radius 3 is 2.45 bits per heavy atom. The van der Waals surface area contributed by atoms with Crippen LogP contribution in [0.25, 0.3) is 0 Å². The Balaban J connectivity index is 2.43. The van der Waals surface area contributed by atoms with Crippen LogP contribution in [0.4, 0.5) is 20.3 Å². The number of halogens is 2. The first-order valence-corrected chi connectivity index (χ1v) is 7.13. The fourth-order valence-corrected chi connectivity index (χ4v) is 2.72. The lowest BCUT2D eigenvalue weighted by Crippen LogP contribution is -2.16. The molecule has 0 bridgehead atoms. The van der Waals surface area contributed by atoms with E-state index in [2.05, 4.69) is 5.10 Å². The number of anilines is 2. The number of aromatic nitrogens is 2. The van der Waals surface area contributed by atoms with E-state index in [0.29, 0.717) is 6.54 Å². The van der Waals surface area contributed by atoms with E-state index in [9.17, 15) is 17.2 Å². The molecule has 2 rings (SSSR count). The van der Waals surface area contributed by atoms with Crippen LogP contribution in [0.1, 0.15) is 6.92 Å². The molecule has 0 atom stereocenters. The Morgan fingerprint density at radius 2 is 1.95 bits per heavy atom. The van der Waals surface area contributed by atoms with E-state index in [-0.39, 0.29) is 10.7 Å². The third kappa shape index (κ3) is 2.57. The first kappa shape index (κ1) is 14.3. The summed E-state index contributed by atoms with van der Waals surface area (Å²) < 4.78 is 54.2. The summed E-state index contributed by atoms with van der Waals surface area (Å²) in [6.45, 7) is 2.15. The second-order valence-corrected chi connectivity index (χ2v) is 5.59. The molecular formula is C11H12F2N4O2S. The summed E-state index contributed by atoms with van der Waals surface area (Å²) in [6, 6.07) is 3.02. The van der Waals surface area contributed by atoms with Gasteiger partial charge >= 0.3 is 0 Å². The minimum absolute atomic E-state index is 0.240. The summed E-state index contributed by atoms with van der Waals surface area (Å²) in [5.74, 6) is -2.28. The van der Waals surface area contributed by atoms with Gasteiger partial charge in [-0.05, 0) is 19.1 Å². The van der Waals surface area contributed by atoms with Crippen LogP contribution >= 0.6 is 0 Å². The maximum atomic E-state index is 13.4. The van der Waals surface area contributed by atoms with E-state index in [1.807, 2.05) is 4.72 Å². The number of nitrogens with zero attached hydrogens (tertiary/aromatic N) is 2. The molecule has 3 N–H and O–H groups in total. The highest BCUT2D eigenvalue weighted by molar-refractivity contribution is 7.92. The molecule has 0 saturated heterocycles. The molecule has 6 nitrogen and oxygen atoms in total. The monoisotopic (exact) mass is 302 g/mol. The highest BCUT2D eigenvalue weighted by Crippen LogP contribution is 2.24. The molecule has 1 aromatic carbocycles. The molecule has 1 heterocycles. The van der Waals surface area contributed by atoms with Gasteiger partial charge in [-0.3, -0.25) is 9.40 Å². The van der Waals surface area contributed by atoms with Gasteiger partial charge in [0.15, 0.2) is 5.82 Å². The summed E-state index contributed by atoms with van der Waals surface area (Å²) in [6.07, 6.45) is 1.19. The average molecular weight is 302 g/mol. The van der Waals surface area contributed by atoms with E-state index in [4.69, 9.17) is 5.73 Å². The van der Waals surface area contributed by atoms with Crippen molar-refractivity contribution in [1.82, 2.24) is 9.78 Å². The van der Waals surface area contributed by atoms with Crippen molar-refractivity contribution in [2.24, 2.45) is 0 Å². The number of benzene rings is 1. The van der Waals surface area contributed by atoms with Crippen LogP contribution < -0.4 is 10.5 Å². The molecule has 0 unspecified atom stereocenters. The Kier molecular flexibility index (Phi) is 3.62. The van der Waals surface area contributed by atoms with Crippen LogP contribution in [0.3, 0.4) is 0 Å². The molecule has 9 heteroatoms. The fourth-order valence-electron chi connectivity index (χ4n) is 1.57. The van der Waals surface area contributed by atoms with Gasteiger partial charge in [0, 0.05) is 12.7 Å². The number of nitrogens with two attached hydrogens (primary N) is 1. The van der Waals surface area contributed by atoms with E-state index in [0.717, 1.165) is 18.2 Å². The quantitative estimate of drug-likeness (QED) is 0.897. The second kappa shape index (κ2) is 5.08. The molecule has 20 heavy (non-hydrogen) atoms. The van der Waals surface area contributed by atoms with Gasteiger partial charge in [-0.1, -0.05) is 6.07 Å². The van der Waals surface area contributed by atoms with Crippen LogP contribution in [0, 0.1) is 11.6 Å². The molecule has 0 fully saturated rings. The molecule has 0 aliphatic rings. The molecule has 0 amide bonds. The Bertz CT molecular complexity index is 723. The lowest BCUT2D eigenvalue weighted by atomic mass is 10.3. The molecule has 0 saturated carbocycles. The smallest absolute Gasteiger partial charge is 0.267 e. The van der Waals surface area contributed by atoms with Crippen molar-refractivity contribution in [3.8, 4) is 0 Å². The van der Waals surface area contributed by atoms with Crippen molar-refractivity contribution in [3.63, 3.8) is 0 Å². The van der Waals surface area contributed by atoms with Crippen molar-refractivity contribution in [2.75, 3.05) is 10.5 Å². The maximum absolute atomic E-state index is 13.4. The largest absolute Gasteiger partial charge is 0.381 e. The molecule has 0 spiro atoms. The SMILES string of the molecule is CCn1cc(S(=O)(=O)Nc2c(F)cccc2F)c(N)n1. The van der Waals surface area contributed by atoms with Crippen molar-refractivity contribution in [1.29, 1.82) is 0 Å². The van der Waals surface area contributed by atoms with Crippen molar-refractivity contribution >= 4 is 21.5 Å². The summed E-state index contributed by atoms with van der Waals surface area (Å²) in [5, 5.41) is 3.77. The minimum Gasteiger partial charge on any atom is -0.381 e. The van der Waals surface area contributed by atoms with Gasteiger partial charge in [-0.2, -0.15) is 5.10 Å². The van der Waals surface area contributed by atoms with Gasteiger partial charge in [0.2, 0.25) is 0 Å². The third-order valence-corrected chi connectivity index (χ3v) is 3.93. The maximum Gasteiger partial charge on any atom is 0.267 e. The van der Waals surface area contributed by atoms with Gasteiger partial charge in [-0.15, -0.1) is 0 Å². The fraction of sp³-hybridized carbons (Fsp3) is 0.182. The zero-order chi connectivity index (χ0) is 14.9. The number of nitrogens with one attached hydrogen (secondary N) is 1. The van der Waals surface area contributed by atoms with Crippen molar-refractivity contribution in [2.45, 2.75) is 18.4 Å². The highest BCUT2D eigenvalue weighted by atomic mass is 32.2. The van der Waals surface area contributed by atoms with Crippen molar-refractivity contribution < 1.29 is 17.2 Å². The van der Waals surface area contributed by atoms with Gasteiger partial charge in [-0.25, -0.2) is 17.2 Å². The van der Waals surface area contributed by atoms with Gasteiger partial charge in [0.25, 0.3) is 10.0 Å². The third-order valence-electron chi connectivity index (χ3n) is 2.57.